The maximum Gasteiger partial charge on any atom is 0.432 e. The van der Waals surface area contributed by atoms with E-state index in [9.17, 15) is 19.8 Å². The number of carbonyl (C=O) groups is 2. The monoisotopic (exact) mass is 327 g/mol. The van der Waals surface area contributed by atoms with Crippen molar-refractivity contribution in [1.29, 1.82) is 0 Å². The van der Waals surface area contributed by atoms with Crippen LogP contribution in [0.25, 0.3) is 0 Å². The molecule has 9 heteroatoms. The number of nitrogens with zero attached hydrogens (tertiary/aromatic N) is 2. The summed E-state index contributed by atoms with van der Waals surface area (Å²) in [6.07, 6.45) is -0.725. The fraction of sp³-hybridized carbons (Fsp3) is 0.571. The third-order valence-electron chi connectivity index (χ3n) is 3.13. The molecule has 0 bridgehead atoms. The first-order valence-electron chi connectivity index (χ1n) is 7.22. The van der Waals surface area contributed by atoms with Crippen molar-refractivity contribution in [2.45, 2.75) is 38.8 Å². The molecule has 9 nitrogen and oxygen atoms in total. The normalized spacial score (nSPS) is 17.9. The molecule has 1 saturated heterocycles. The van der Waals surface area contributed by atoms with Gasteiger partial charge >= 0.3 is 12.2 Å². The third-order valence-corrected chi connectivity index (χ3v) is 3.13. The Labute approximate surface area is 133 Å². The number of nitrogens with one attached hydrogen (secondary N) is 1. The molecule has 0 aromatic carbocycles. The van der Waals surface area contributed by atoms with E-state index in [0.29, 0.717) is 24.2 Å². The maximum atomic E-state index is 11.9. The Balaban J connectivity index is 1.83. The number of ether oxygens (including phenoxy) is 1. The predicted molar refractivity (Wildman–Crippen MR) is 79.1 cm³/mol. The highest BCUT2D eigenvalue weighted by Gasteiger charge is 2.31. The van der Waals surface area contributed by atoms with Crippen LogP contribution in [0.1, 0.15) is 27.2 Å². The highest BCUT2D eigenvalue weighted by Crippen LogP contribution is 2.19. The minimum atomic E-state index is -0.845. The summed E-state index contributed by atoms with van der Waals surface area (Å²) >= 11 is 0. The molecular weight excluding hydrogens is 306 g/mol. The van der Waals surface area contributed by atoms with Crippen molar-refractivity contribution in [2.24, 2.45) is 0 Å². The lowest BCUT2D eigenvalue weighted by Crippen LogP contribution is -2.42. The van der Waals surface area contributed by atoms with Gasteiger partial charge in [-0.25, -0.2) is 9.59 Å². The Bertz CT molecular complexity index is 572. The summed E-state index contributed by atoms with van der Waals surface area (Å²) in [4.78, 5) is 30.0. The number of aromatic hydroxyl groups is 2. The van der Waals surface area contributed by atoms with Crippen molar-refractivity contribution >= 4 is 12.2 Å². The molecule has 1 aliphatic rings. The zero-order valence-electron chi connectivity index (χ0n) is 13.3. The van der Waals surface area contributed by atoms with E-state index in [1.54, 1.807) is 20.8 Å². The number of carbonyl (C=O) groups excluding carboxylic acids is 2. The van der Waals surface area contributed by atoms with Gasteiger partial charge in [-0.3, -0.25) is 0 Å². The van der Waals surface area contributed by atoms with Crippen LogP contribution in [0.3, 0.4) is 0 Å². The first-order chi connectivity index (χ1) is 10.7. The number of hydrogen-bond donors (Lipinski definition) is 3. The first kappa shape index (κ1) is 16.8. The van der Waals surface area contributed by atoms with Crippen LogP contribution in [-0.2, 0) is 4.74 Å². The number of aromatic nitrogens is 1. The van der Waals surface area contributed by atoms with Crippen LogP contribution >= 0.6 is 0 Å². The number of amides is 2. The van der Waals surface area contributed by atoms with Crippen molar-refractivity contribution in [3.05, 3.63) is 12.1 Å². The fourth-order valence-electron chi connectivity index (χ4n) is 2.14. The van der Waals surface area contributed by atoms with Gasteiger partial charge in [0.05, 0.1) is 6.04 Å². The SMILES string of the molecule is CC(C)(C)OC(=O)N1CC[C@H](NC(=O)On2c(O)ccc2O)C1. The second kappa shape index (κ2) is 6.27. The summed E-state index contributed by atoms with van der Waals surface area (Å²) in [5.74, 6) is -0.807. The summed E-state index contributed by atoms with van der Waals surface area (Å²) in [5.41, 5.74) is -0.578. The van der Waals surface area contributed by atoms with Crippen LogP contribution in [0.15, 0.2) is 12.1 Å². The molecule has 1 aromatic rings. The van der Waals surface area contributed by atoms with Gasteiger partial charge in [0.2, 0.25) is 11.8 Å². The predicted octanol–water partition coefficient (Wildman–Crippen LogP) is 1.05. The molecule has 0 spiro atoms. The van der Waals surface area contributed by atoms with E-state index in [-0.39, 0.29) is 6.04 Å². The molecule has 1 aromatic heterocycles. The molecule has 0 radical (unpaired) electrons. The molecule has 1 atom stereocenters. The highest BCUT2D eigenvalue weighted by atomic mass is 16.7. The van der Waals surface area contributed by atoms with E-state index in [2.05, 4.69) is 5.32 Å². The number of likely N-dealkylation sites (tertiary alicyclic amines) is 1. The van der Waals surface area contributed by atoms with Crippen LogP contribution < -0.4 is 10.2 Å². The Morgan fingerprint density at radius 3 is 2.43 bits per heavy atom. The van der Waals surface area contributed by atoms with Gasteiger partial charge in [-0.05, 0) is 27.2 Å². The molecule has 2 amide bonds. The lowest BCUT2D eigenvalue weighted by atomic mass is 10.2. The second-order valence-corrected chi connectivity index (χ2v) is 6.28. The quantitative estimate of drug-likeness (QED) is 0.748. The lowest BCUT2D eigenvalue weighted by molar-refractivity contribution is 0.0289. The maximum absolute atomic E-state index is 11.9. The van der Waals surface area contributed by atoms with E-state index in [4.69, 9.17) is 9.57 Å². The standard InChI is InChI=1S/C14H21N3O6/c1-14(2,3)22-13(21)16-7-6-9(8-16)15-12(20)23-17-10(18)4-5-11(17)19/h4-5,9,18-19H,6-8H2,1-3H3,(H,15,20)/t9-/m0/s1. The molecule has 1 aliphatic heterocycles. The van der Waals surface area contributed by atoms with Crippen LogP contribution in [0.2, 0.25) is 0 Å². The molecule has 0 saturated carbocycles. The molecule has 0 unspecified atom stereocenters. The van der Waals surface area contributed by atoms with Crippen LogP contribution in [0, 0.1) is 0 Å². The number of rotatable bonds is 2. The number of hydrogen-bond acceptors (Lipinski definition) is 6. The van der Waals surface area contributed by atoms with E-state index in [1.807, 2.05) is 0 Å². The van der Waals surface area contributed by atoms with Crippen LogP contribution in [0.4, 0.5) is 9.59 Å². The van der Waals surface area contributed by atoms with Gasteiger partial charge in [0.1, 0.15) is 5.60 Å². The van der Waals surface area contributed by atoms with E-state index in [1.165, 1.54) is 17.0 Å². The molecule has 1 fully saturated rings. The average molecular weight is 327 g/mol. The Morgan fingerprint density at radius 1 is 1.26 bits per heavy atom. The Kier molecular flexibility index (Phi) is 4.57. The Hall–Kier alpha value is -2.58. The molecule has 2 rings (SSSR count). The van der Waals surface area contributed by atoms with Crippen molar-refractivity contribution in [3.8, 4) is 11.8 Å². The van der Waals surface area contributed by atoms with Crippen molar-refractivity contribution in [3.63, 3.8) is 0 Å². The lowest BCUT2D eigenvalue weighted by Gasteiger charge is -2.24. The van der Waals surface area contributed by atoms with E-state index < -0.39 is 29.5 Å². The molecular formula is C14H21N3O6. The highest BCUT2D eigenvalue weighted by molar-refractivity contribution is 5.70. The van der Waals surface area contributed by atoms with Crippen molar-refractivity contribution in [1.82, 2.24) is 14.9 Å². The fourth-order valence-corrected chi connectivity index (χ4v) is 2.14. The third kappa shape index (κ3) is 4.44. The summed E-state index contributed by atoms with van der Waals surface area (Å²) in [7, 11) is 0. The van der Waals surface area contributed by atoms with E-state index in [0.717, 1.165) is 0 Å². The van der Waals surface area contributed by atoms with E-state index >= 15 is 0 Å². The summed E-state index contributed by atoms with van der Waals surface area (Å²) in [6.45, 7) is 6.10. The Morgan fingerprint density at radius 2 is 1.87 bits per heavy atom. The second-order valence-electron chi connectivity index (χ2n) is 6.28. The summed E-state index contributed by atoms with van der Waals surface area (Å²) < 4.78 is 5.86. The van der Waals surface area contributed by atoms with Gasteiger partial charge in [0.15, 0.2) is 0 Å². The van der Waals surface area contributed by atoms with Crippen molar-refractivity contribution in [2.75, 3.05) is 13.1 Å². The largest absolute Gasteiger partial charge is 0.492 e. The molecule has 3 N–H and O–H groups in total. The minimum Gasteiger partial charge on any atom is -0.492 e. The summed E-state index contributed by atoms with van der Waals surface area (Å²) in [5, 5.41) is 21.4. The summed E-state index contributed by atoms with van der Waals surface area (Å²) in [6, 6.07) is 2.07. The zero-order chi connectivity index (χ0) is 17.2. The molecule has 23 heavy (non-hydrogen) atoms. The van der Waals surface area contributed by atoms with Gasteiger partial charge in [-0.2, -0.15) is 0 Å². The molecule has 2 heterocycles. The first-order valence-corrected chi connectivity index (χ1v) is 7.22. The minimum absolute atomic E-state index is 0.296. The van der Waals surface area contributed by atoms with Crippen LogP contribution in [-0.4, -0.2) is 56.8 Å². The van der Waals surface area contributed by atoms with Gasteiger partial charge in [0, 0.05) is 25.2 Å². The topological polar surface area (TPSA) is 113 Å². The smallest absolute Gasteiger partial charge is 0.432 e. The zero-order valence-corrected chi connectivity index (χ0v) is 13.3. The van der Waals surface area contributed by atoms with Gasteiger partial charge in [-0.15, -0.1) is 4.73 Å². The molecule has 128 valence electrons. The van der Waals surface area contributed by atoms with Crippen molar-refractivity contribution < 1.29 is 29.4 Å². The van der Waals surface area contributed by atoms with Gasteiger partial charge in [-0.1, -0.05) is 0 Å². The van der Waals surface area contributed by atoms with Crippen LogP contribution in [0.5, 0.6) is 11.8 Å². The average Bonchev–Trinajstić information content (AvgIpc) is 2.99. The molecule has 0 aliphatic carbocycles. The van der Waals surface area contributed by atoms with Gasteiger partial charge < -0.3 is 30.0 Å². The van der Waals surface area contributed by atoms with Gasteiger partial charge in [0.25, 0.3) is 0 Å².